The normalized spacial score (nSPS) is 10.9. The Morgan fingerprint density at radius 1 is 1.21 bits per heavy atom. The van der Waals surface area contributed by atoms with Crippen LogP contribution in [0.3, 0.4) is 0 Å². The fourth-order valence-electron chi connectivity index (χ4n) is 2.82. The smallest absolute Gasteiger partial charge is 0.217 e. The third-order valence-corrected chi connectivity index (χ3v) is 4.31. The van der Waals surface area contributed by atoms with Crippen LogP contribution >= 0.6 is 0 Å². The van der Waals surface area contributed by atoms with E-state index in [9.17, 15) is 5.26 Å². The molecule has 0 fully saturated rings. The highest BCUT2D eigenvalue weighted by Crippen LogP contribution is 2.33. The maximum Gasteiger partial charge on any atom is 0.217 e. The van der Waals surface area contributed by atoms with Crippen molar-refractivity contribution in [1.82, 2.24) is 14.8 Å². The molecule has 0 saturated carbocycles. The number of aryl methyl sites for hydroxylation is 1. The number of benzene rings is 1. The van der Waals surface area contributed by atoms with Crippen molar-refractivity contribution >= 4 is 0 Å². The van der Waals surface area contributed by atoms with Gasteiger partial charge in [-0.15, -0.1) is 0 Å². The molecule has 0 aliphatic rings. The van der Waals surface area contributed by atoms with Gasteiger partial charge in [0.15, 0.2) is 0 Å². The van der Waals surface area contributed by atoms with E-state index in [4.69, 9.17) is 15.2 Å². The highest BCUT2D eigenvalue weighted by atomic mass is 16.5. The Labute approximate surface area is 170 Å². The summed E-state index contributed by atoms with van der Waals surface area (Å²) in [5.41, 5.74) is 9.53. The molecule has 2 heterocycles. The first-order valence-electron chi connectivity index (χ1n) is 9.52. The van der Waals surface area contributed by atoms with Crippen LogP contribution in [-0.4, -0.2) is 27.4 Å². The fourth-order valence-corrected chi connectivity index (χ4v) is 2.82. The van der Waals surface area contributed by atoms with Gasteiger partial charge in [-0.1, -0.05) is 6.07 Å². The van der Waals surface area contributed by atoms with E-state index in [0.717, 1.165) is 28.9 Å². The van der Waals surface area contributed by atoms with Crippen molar-refractivity contribution in [3.8, 4) is 29.0 Å². The van der Waals surface area contributed by atoms with Crippen LogP contribution in [0.4, 0.5) is 0 Å². The lowest BCUT2D eigenvalue weighted by atomic mass is 10.1. The quantitative estimate of drug-likeness (QED) is 0.630. The molecule has 3 aromatic rings. The monoisotopic (exact) mass is 391 g/mol. The number of hydrogen-bond donors (Lipinski definition) is 1. The van der Waals surface area contributed by atoms with E-state index in [1.54, 1.807) is 16.8 Å². The van der Waals surface area contributed by atoms with Crippen LogP contribution in [0.25, 0.3) is 11.3 Å². The molecule has 2 N–H and O–H groups in total. The molecule has 0 aliphatic heterocycles. The summed E-state index contributed by atoms with van der Waals surface area (Å²) in [7, 11) is 1.81. The van der Waals surface area contributed by atoms with Gasteiger partial charge in [-0.25, -0.2) is 4.68 Å². The Bertz CT molecular complexity index is 1000. The van der Waals surface area contributed by atoms with E-state index in [-0.39, 0.29) is 6.10 Å². The van der Waals surface area contributed by atoms with Gasteiger partial charge in [-0.3, -0.25) is 4.98 Å². The van der Waals surface area contributed by atoms with Crippen molar-refractivity contribution in [2.24, 2.45) is 12.8 Å². The van der Waals surface area contributed by atoms with Gasteiger partial charge in [0.2, 0.25) is 5.88 Å². The second-order valence-electron chi connectivity index (χ2n) is 6.97. The molecule has 0 spiro atoms. The molecule has 0 unspecified atom stereocenters. The zero-order chi connectivity index (χ0) is 20.8. The van der Waals surface area contributed by atoms with E-state index < -0.39 is 0 Å². The molecule has 0 saturated heterocycles. The van der Waals surface area contributed by atoms with Crippen LogP contribution < -0.4 is 10.5 Å². The third-order valence-electron chi connectivity index (χ3n) is 4.31. The standard InChI is InChI=1S/C22H25N5O2/c1-15(2)28-14-18-11-22(27(3)26-18)29-21-10-17(12-24)4-6-19(21)20-7-5-16(8-9-23)13-25-20/h4-7,10-11,13,15H,8-9,14,23H2,1-3H3. The first-order chi connectivity index (χ1) is 14.0. The minimum Gasteiger partial charge on any atom is -0.439 e. The Balaban J connectivity index is 1.91. The van der Waals surface area contributed by atoms with Crippen LogP contribution in [-0.2, 0) is 24.8 Å². The minimum atomic E-state index is 0.119. The summed E-state index contributed by atoms with van der Waals surface area (Å²) in [6, 6.07) is 13.2. The van der Waals surface area contributed by atoms with Crippen molar-refractivity contribution in [2.45, 2.75) is 33.0 Å². The SMILES string of the molecule is CC(C)OCc1cc(Oc2cc(C#N)ccc2-c2ccc(CCN)cn2)n(C)n1. The summed E-state index contributed by atoms with van der Waals surface area (Å²) < 4.78 is 13.4. The van der Waals surface area contributed by atoms with Gasteiger partial charge in [0.05, 0.1) is 35.7 Å². The number of ether oxygens (including phenoxy) is 2. The summed E-state index contributed by atoms with van der Waals surface area (Å²) >= 11 is 0. The molecule has 29 heavy (non-hydrogen) atoms. The fraction of sp³-hybridized carbons (Fsp3) is 0.318. The summed E-state index contributed by atoms with van der Waals surface area (Å²) in [6.07, 6.45) is 2.71. The summed E-state index contributed by atoms with van der Waals surface area (Å²) in [6.45, 7) is 4.94. The largest absolute Gasteiger partial charge is 0.439 e. The molecular formula is C22H25N5O2. The predicted molar refractivity (Wildman–Crippen MR) is 110 cm³/mol. The number of aromatic nitrogens is 3. The lowest BCUT2D eigenvalue weighted by Crippen LogP contribution is -2.03. The van der Waals surface area contributed by atoms with Crippen molar-refractivity contribution in [2.75, 3.05) is 6.54 Å². The minimum absolute atomic E-state index is 0.119. The van der Waals surface area contributed by atoms with E-state index in [1.807, 2.05) is 51.4 Å². The topological polar surface area (TPSA) is 99.0 Å². The van der Waals surface area contributed by atoms with Crippen molar-refractivity contribution in [1.29, 1.82) is 5.26 Å². The van der Waals surface area contributed by atoms with Gasteiger partial charge in [0.1, 0.15) is 5.75 Å². The molecule has 3 rings (SSSR count). The zero-order valence-corrected chi connectivity index (χ0v) is 16.9. The van der Waals surface area contributed by atoms with E-state index in [0.29, 0.717) is 30.3 Å². The number of nitrogens with zero attached hydrogens (tertiary/aromatic N) is 4. The molecule has 2 aromatic heterocycles. The molecule has 0 amide bonds. The maximum absolute atomic E-state index is 9.30. The van der Waals surface area contributed by atoms with Crippen LogP contribution in [0, 0.1) is 11.3 Å². The molecule has 1 aromatic carbocycles. The molecule has 7 heteroatoms. The molecule has 0 bridgehead atoms. The lowest BCUT2D eigenvalue weighted by Gasteiger charge is -2.11. The number of pyridine rings is 1. The van der Waals surface area contributed by atoms with Gasteiger partial charge in [-0.2, -0.15) is 10.4 Å². The highest BCUT2D eigenvalue weighted by molar-refractivity contribution is 5.69. The number of nitrogens with two attached hydrogens (primary N) is 1. The van der Waals surface area contributed by atoms with Crippen LogP contribution in [0.2, 0.25) is 0 Å². The van der Waals surface area contributed by atoms with E-state index in [2.05, 4.69) is 16.2 Å². The predicted octanol–water partition coefficient (Wildman–Crippen LogP) is 3.57. The second-order valence-corrected chi connectivity index (χ2v) is 6.97. The average molecular weight is 391 g/mol. The van der Waals surface area contributed by atoms with E-state index >= 15 is 0 Å². The summed E-state index contributed by atoms with van der Waals surface area (Å²) in [5, 5.41) is 13.7. The molecule has 150 valence electrons. The number of rotatable bonds is 8. The summed E-state index contributed by atoms with van der Waals surface area (Å²) in [4.78, 5) is 4.54. The maximum atomic E-state index is 9.30. The Morgan fingerprint density at radius 3 is 2.69 bits per heavy atom. The third kappa shape index (κ3) is 5.19. The molecular weight excluding hydrogens is 366 g/mol. The van der Waals surface area contributed by atoms with Gasteiger partial charge >= 0.3 is 0 Å². The average Bonchev–Trinajstić information content (AvgIpc) is 3.06. The number of hydrogen-bond acceptors (Lipinski definition) is 6. The lowest BCUT2D eigenvalue weighted by molar-refractivity contribution is 0.0633. The Kier molecular flexibility index (Phi) is 6.60. The molecule has 7 nitrogen and oxygen atoms in total. The van der Waals surface area contributed by atoms with Gasteiger partial charge in [0.25, 0.3) is 0 Å². The molecule has 0 aliphatic carbocycles. The van der Waals surface area contributed by atoms with Crippen LogP contribution in [0.1, 0.15) is 30.7 Å². The van der Waals surface area contributed by atoms with E-state index in [1.165, 1.54) is 0 Å². The zero-order valence-electron chi connectivity index (χ0n) is 16.9. The number of nitriles is 1. The Morgan fingerprint density at radius 2 is 2.03 bits per heavy atom. The van der Waals surface area contributed by atoms with Crippen molar-refractivity contribution < 1.29 is 9.47 Å². The van der Waals surface area contributed by atoms with Crippen LogP contribution in [0.15, 0.2) is 42.6 Å². The first-order valence-corrected chi connectivity index (χ1v) is 9.52. The second kappa shape index (κ2) is 9.32. The Hall–Kier alpha value is -3.21. The van der Waals surface area contributed by atoms with Gasteiger partial charge < -0.3 is 15.2 Å². The van der Waals surface area contributed by atoms with Crippen molar-refractivity contribution in [3.63, 3.8) is 0 Å². The first kappa shape index (κ1) is 20.5. The summed E-state index contributed by atoms with van der Waals surface area (Å²) in [5.74, 6) is 1.10. The van der Waals surface area contributed by atoms with Gasteiger partial charge in [-0.05, 0) is 56.6 Å². The van der Waals surface area contributed by atoms with Gasteiger partial charge in [0, 0.05) is 24.9 Å². The molecule has 0 radical (unpaired) electrons. The molecule has 0 atom stereocenters. The van der Waals surface area contributed by atoms with Crippen LogP contribution in [0.5, 0.6) is 11.6 Å². The van der Waals surface area contributed by atoms with Crippen molar-refractivity contribution in [3.05, 3.63) is 59.4 Å². The highest BCUT2D eigenvalue weighted by Gasteiger charge is 2.14.